The molecule has 1 aliphatic rings. The highest BCUT2D eigenvalue weighted by atomic mass is 35.5. The molecular weight excluding hydrogens is 314 g/mol. The Bertz CT molecular complexity index is 557. The van der Waals surface area contributed by atoms with E-state index in [0.717, 1.165) is 19.5 Å². The van der Waals surface area contributed by atoms with Crippen LogP contribution in [-0.4, -0.2) is 54.3 Å². The van der Waals surface area contributed by atoms with Crippen LogP contribution >= 0.6 is 11.6 Å². The first-order valence-corrected chi connectivity index (χ1v) is 8.44. The van der Waals surface area contributed by atoms with Crippen LogP contribution in [-0.2, 0) is 9.59 Å². The Morgan fingerprint density at radius 1 is 1.22 bits per heavy atom. The average molecular weight is 338 g/mol. The molecule has 2 rings (SSSR count). The first-order valence-electron chi connectivity index (χ1n) is 8.06. The average Bonchev–Trinajstić information content (AvgIpc) is 2.56. The van der Waals surface area contributed by atoms with Gasteiger partial charge in [-0.25, -0.2) is 0 Å². The smallest absolute Gasteiger partial charge is 0.238 e. The van der Waals surface area contributed by atoms with E-state index in [2.05, 4.69) is 10.2 Å². The highest BCUT2D eigenvalue weighted by Gasteiger charge is 2.24. The van der Waals surface area contributed by atoms with Gasteiger partial charge in [0, 0.05) is 32.1 Å². The fourth-order valence-electron chi connectivity index (χ4n) is 2.57. The van der Waals surface area contributed by atoms with Crippen LogP contribution in [0.4, 0.5) is 5.69 Å². The van der Waals surface area contributed by atoms with Gasteiger partial charge in [-0.3, -0.25) is 14.5 Å². The third-order valence-corrected chi connectivity index (χ3v) is 4.56. The molecule has 0 spiro atoms. The quantitative estimate of drug-likeness (QED) is 0.898. The van der Waals surface area contributed by atoms with Crippen LogP contribution in [0.1, 0.15) is 20.3 Å². The number of para-hydroxylation sites is 1. The number of nitrogens with zero attached hydrogens (tertiary/aromatic N) is 2. The lowest BCUT2D eigenvalue weighted by molar-refractivity contribution is -0.136. The van der Waals surface area contributed by atoms with Crippen molar-refractivity contribution in [1.29, 1.82) is 0 Å². The van der Waals surface area contributed by atoms with Gasteiger partial charge in [0.1, 0.15) is 0 Å². The minimum atomic E-state index is -0.0835. The number of carbonyl (C=O) groups is 2. The number of piperazine rings is 1. The largest absolute Gasteiger partial charge is 0.340 e. The van der Waals surface area contributed by atoms with Crippen LogP contribution in [0, 0.1) is 5.92 Å². The summed E-state index contributed by atoms with van der Waals surface area (Å²) >= 11 is 6.04. The van der Waals surface area contributed by atoms with Gasteiger partial charge in [0.2, 0.25) is 11.8 Å². The summed E-state index contributed by atoms with van der Waals surface area (Å²) < 4.78 is 0. The van der Waals surface area contributed by atoms with E-state index in [-0.39, 0.29) is 17.7 Å². The molecule has 0 saturated carbocycles. The van der Waals surface area contributed by atoms with Crippen LogP contribution in [0.2, 0.25) is 5.02 Å². The van der Waals surface area contributed by atoms with E-state index in [0.29, 0.717) is 30.3 Å². The molecule has 5 nitrogen and oxygen atoms in total. The fourth-order valence-corrected chi connectivity index (χ4v) is 2.75. The van der Waals surface area contributed by atoms with Crippen molar-refractivity contribution in [1.82, 2.24) is 9.80 Å². The Kier molecular flexibility index (Phi) is 6.42. The number of hydrogen-bond donors (Lipinski definition) is 1. The molecule has 0 radical (unpaired) electrons. The Balaban J connectivity index is 1.79. The van der Waals surface area contributed by atoms with Gasteiger partial charge in [-0.15, -0.1) is 0 Å². The minimum absolute atomic E-state index is 0.0741. The molecule has 0 aromatic heterocycles. The Morgan fingerprint density at radius 3 is 2.48 bits per heavy atom. The summed E-state index contributed by atoms with van der Waals surface area (Å²) in [5.74, 6) is 0.206. The summed E-state index contributed by atoms with van der Waals surface area (Å²) in [5.41, 5.74) is 0.629. The first kappa shape index (κ1) is 17.8. The lowest BCUT2D eigenvalue weighted by Crippen LogP contribution is -2.51. The van der Waals surface area contributed by atoms with E-state index in [9.17, 15) is 9.59 Å². The predicted molar refractivity (Wildman–Crippen MR) is 92.6 cm³/mol. The maximum atomic E-state index is 12.2. The summed E-state index contributed by atoms with van der Waals surface area (Å²) in [6, 6.07) is 7.19. The topological polar surface area (TPSA) is 52.7 Å². The summed E-state index contributed by atoms with van der Waals surface area (Å²) in [6.07, 6.45) is 0.860. The Labute approximate surface area is 142 Å². The fraction of sp³-hybridized carbons (Fsp3) is 0.529. The number of nitrogens with one attached hydrogen (secondary N) is 1. The van der Waals surface area contributed by atoms with Crippen molar-refractivity contribution in [3.63, 3.8) is 0 Å². The van der Waals surface area contributed by atoms with E-state index in [1.165, 1.54) is 0 Å². The monoisotopic (exact) mass is 337 g/mol. The van der Waals surface area contributed by atoms with E-state index in [1.807, 2.05) is 30.9 Å². The molecule has 1 fully saturated rings. The van der Waals surface area contributed by atoms with Gasteiger partial charge in [0.25, 0.3) is 0 Å². The Morgan fingerprint density at radius 2 is 1.87 bits per heavy atom. The zero-order valence-electron chi connectivity index (χ0n) is 13.7. The standard InChI is InChI=1S/C17H24ClN3O2/c1-3-13(2)17(23)21-10-8-20(9-11-21)12-16(22)19-15-7-5-4-6-14(15)18/h4-7,13H,3,8-12H2,1-2H3,(H,19,22). The number of anilines is 1. The molecule has 1 unspecified atom stereocenters. The molecule has 1 aliphatic heterocycles. The van der Waals surface area contributed by atoms with Gasteiger partial charge in [-0.1, -0.05) is 37.6 Å². The highest BCUT2D eigenvalue weighted by Crippen LogP contribution is 2.20. The van der Waals surface area contributed by atoms with Crippen molar-refractivity contribution in [2.24, 2.45) is 5.92 Å². The zero-order valence-corrected chi connectivity index (χ0v) is 14.5. The second-order valence-corrected chi connectivity index (χ2v) is 6.35. The second-order valence-electron chi connectivity index (χ2n) is 5.94. The van der Waals surface area contributed by atoms with Crippen LogP contribution in [0.25, 0.3) is 0 Å². The molecule has 6 heteroatoms. The van der Waals surface area contributed by atoms with Gasteiger partial charge in [-0.05, 0) is 18.6 Å². The first-order chi connectivity index (χ1) is 11.0. The summed E-state index contributed by atoms with van der Waals surface area (Å²) in [6.45, 7) is 7.11. The maximum absolute atomic E-state index is 12.2. The van der Waals surface area contributed by atoms with Gasteiger partial charge < -0.3 is 10.2 Å². The number of amides is 2. The summed E-state index contributed by atoms with van der Waals surface area (Å²) in [7, 11) is 0. The molecule has 1 N–H and O–H groups in total. The third-order valence-electron chi connectivity index (χ3n) is 4.23. The number of hydrogen-bond acceptors (Lipinski definition) is 3. The van der Waals surface area contributed by atoms with Crippen LogP contribution in [0.15, 0.2) is 24.3 Å². The van der Waals surface area contributed by atoms with E-state index < -0.39 is 0 Å². The van der Waals surface area contributed by atoms with E-state index in [1.54, 1.807) is 12.1 Å². The lowest BCUT2D eigenvalue weighted by atomic mass is 10.1. The molecule has 1 heterocycles. The SMILES string of the molecule is CCC(C)C(=O)N1CCN(CC(=O)Nc2ccccc2Cl)CC1. The molecular formula is C17H24ClN3O2. The second kappa shape index (κ2) is 8.31. The zero-order chi connectivity index (χ0) is 16.8. The number of rotatable bonds is 5. The lowest BCUT2D eigenvalue weighted by Gasteiger charge is -2.35. The molecule has 1 aromatic rings. The van der Waals surface area contributed by atoms with Crippen molar-refractivity contribution in [3.8, 4) is 0 Å². The Hall–Kier alpha value is -1.59. The number of benzene rings is 1. The van der Waals surface area contributed by atoms with E-state index in [4.69, 9.17) is 11.6 Å². The molecule has 23 heavy (non-hydrogen) atoms. The van der Waals surface area contributed by atoms with Crippen molar-refractivity contribution in [2.45, 2.75) is 20.3 Å². The van der Waals surface area contributed by atoms with Gasteiger partial charge in [0.15, 0.2) is 0 Å². The van der Waals surface area contributed by atoms with Crippen molar-refractivity contribution in [3.05, 3.63) is 29.3 Å². The highest BCUT2D eigenvalue weighted by molar-refractivity contribution is 6.33. The normalized spacial score (nSPS) is 16.9. The van der Waals surface area contributed by atoms with Crippen LogP contribution in [0.3, 0.4) is 0 Å². The minimum Gasteiger partial charge on any atom is -0.340 e. The third kappa shape index (κ3) is 4.94. The molecule has 1 aromatic carbocycles. The van der Waals surface area contributed by atoms with Crippen LogP contribution < -0.4 is 5.32 Å². The van der Waals surface area contributed by atoms with Crippen molar-refractivity contribution < 1.29 is 9.59 Å². The van der Waals surface area contributed by atoms with Crippen LogP contribution in [0.5, 0.6) is 0 Å². The van der Waals surface area contributed by atoms with Gasteiger partial charge >= 0.3 is 0 Å². The number of carbonyl (C=O) groups excluding carboxylic acids is 2. The molecule has 1 saturated heterocycles. The molecule has 0 aliphatic carbocycles. The van der Waals surface area contributed by atoms with Gasteiger partial charge in [0.05, 0.1) is 17.3 Å². The molecule has 0 bridgehead atoms. The summed E-state index contributed by atoms with van der Waals surface area (Å²) in [4.78, 5) is 28.2. The van der Waals surface area contributed by atoms with Crippen molar-refractivity contribution >= 4 is 29.1 Å². The predicted octanol–water partition coefficient (Wildman–Crippen LogP) is 2.47. The van der Waals surface area contributed by atoms with Crippen molar-refractivity contribution in [2.75, 3.05) is 38.0 Å². The number of halogens is 1. The molecule has 126 valence electrons. The summed E-state index contributed by atoms with van der Waals surface area (Å²) in [5, 5.41) is 3.36. The molecule has 1 atom stereocenters. The molecule has 2 amide bonds. The van der Waals surface area contributed by atoms with E-state index >= 15 is 0 Å². The van der Waals surface area contributed by atoms with Gasteiger partial charge in [-0.2, -0.15) is 0 Å². The maximum Gasteiger partial charge on any atom is 0.238 e.